The number of methoxy groups -OCH3 is 1. The fourth-order valence-electron chi connectivity index (χ4n) is 2.40. The van der Waals surface area contributed by atoms with Crippen LogP contribution in [0.1, 0.15) is 44.6 Å². The van der Waals surface area contributed by atoms with E-state index >= 15 is 0 Å². The minimum atomic E-state index is -0.143. The smallest absolute Gasteiger partial charge is 0.306 e. The first kappa shape index (κ1) is 17.5. The van der Waals surface area contributed by atoms with Crippen LogP contribution in [0.25, 0.3) is 0 Å². The van der Waals surface area contributed by atoms with E-state index in [9.17, 15) is 4.79 Å². The third-order valence-corrected chi connectivity index (χ3v) is 3.56. The molecule has 4 heteroatoms. The predicted octanol–water partition coefficient (Wildman–Crippen LogP) is 3.28. The minimum Gasteiger partial charge on any atom is -0.497 e. The molecule has 0 saturated carbocycles. The van der Waals surface area contributed by atoms with Gasteiger partial charge in [0.15, 0.2) is 0 Å². The van der Waals surface area contributed by atoms with Gasteiger partial charge in [-0.1, -0.05) is 31.9 Å². The molecule has 1 aromatic rings. The van der Waals surface area contributed by atoms with Crippen molar-refractivity contribution < 1.29 is 14.3 Å². The zero-order valence-corrected chi connectivity index (χ0v) is 13.1. The number of nitrogens with two attached hydrogens (primary N) is 1. The average molecular weight is 293 g/mol. The predicted molar refractivity (Wildman–Crippen MR) is 84.1 cm³/mol. The molecule has 2 N–H and O–H groups in total. The summed E-state index contributed by atoms with van der Waals surface area (Å²) in [7, 11) is 1.62. The van der Waals surface area contributed by atoms with Crippen LogP contribution in [-0.2, 0) is 16.1 Å². The number of esters is 1. The highest BCUT2D eigenvalue weighted by Gasteiger charge is 2.11. The molecule has 1 rings (SSSR count). The lowest BCUT2D eigenvalue weighted by Gasteiger charge is -2.14. The maximum Gasteiger partial charge on any atom is 0.306 e. The van der Waals surface area contributed by atoms with Gasteiger partial charge >= 0.3 is 5.97 Å². The Morgan fingerprint density at radius 1 is 1.29 bits per heavy atom. The van der Waals surface area contributed by atoms with Crippen molar-refractivity contribution in [2.75, 3.05) is 13.7 Å². The van der Waals surface area contributed by atoms with E-state index in [1.807, 2.05) is 24.3 Å². The molecule has 1 unspecified atom stereocenters. The molecule has 1 aromatic carbocycles. The highest BCUT2D eigenvalue weighted by molar-refractivity contribution is 5.69. The zero-order chi connectivity index (χ0) is 15.5. The van der Waals surface area contributed by atoms with Crippen LogP contribution < -0.4 is 10.5 Å². The van der Waals surface area contributed by atoms with Crippen LogP contribution in [0.2, 0.25) is 0 Å². The summed E-state index contributed by atoms with van der Waals surface area (Å²) in [6.45, 7) is 3.14. The van der Waals surface area contributed by atoms with Gasteiger partial charge in [0.05, 0.1) is 7.11 Å². The van der Waals surface area contributed by atoms with Crippen LogP contribution in [0.15, 0.2) is 24.3 Å². The van der Waals surface area contributed by atoms with Gasteiger partial charge in [-0.3, -0.25) is 4.79 Å². The average Bonchev–Trinajstić information content (AvgIpc) is 2.51. The van der Waals surface area contributed by atoms with Gasteiger partial charge in [-0.25, -0.2) is 0 Å². The van der Waals surface area contributed by atoms with Crippen LogP contribution in [0, 0.1) is 5.92 Å². The normalized spacial score (nSPS) is 12.0. The largest absolute Gasteiger partial charge is 0.497 e. The van der Waals surface area contributed by atoms with Crippen LogP contribution >= 0.6 is 0 Å². The summed E-state index contributed by atoms with van der Waals surface area (Å²) in [4.78, 5) is 11.8. The number of ether oxygens (including phenoxy) is 2. The van der Waals surface area contributed by atoms with Gasteiger partial charge in [-0.2, -0.15) is 0 Å². The van der Waals surface area contributed by atoms with Crippen molar-refractivity contribution >= 4 is 5.97 Å². The second-order valence-electron chi connectivity index (χ2n) is 5.28. The Morgan fingerprint density at radius 2 is 2.10 bits per heavy atom. The molecule has 0 spiro atoms. The first-order chi connectivity index (χ1) is 10.2. The lowest BCUT2D eigenvalue weighted by atomic mass is 9.94. The van der Waals surface area contributed by atoms with E-state index in [2.05, 4.69) is 6.92 Å². The molecule has 0 aliphatic rings. The molecular formula is C17H27NO3. The van der Waals surface area contributed by atoms with Gasteiger partial charge in [-0.05, 0) is 43.0 Å². The molecule has 0 heterocycles. The Labute approximate surface area is 127 Å². The van der Waals surface area contributed by atoms with E-state index in [0.29, 0.717) is 25.5 Å². The number of carbonyl (C=O) groups is 1. The van der Waals surface area contributed by atoms with Crippen molar-refractivity contribution in [2.45, 2.75) is 45.6 Å². The summed E-state index contributed by atoms with van der Waals surface area (Å²) >= 11 is 0. The Balaban J connectivity index is 2.32. The van der Waals surface area contributed by atoms with Crippen molar-refractivity contribution in [2.24, 2.45) is 11.7 Å². The molecule has 1 atom stereocenters. The van der Waals surface area contributed by atoms with Crippen molar-refractivity contribution in [3.63, 3.8) is 0 Å². The third kappa shape index (κ3) is 7.14. The summed E-state index contributed by atoms with van der Waals surface area (Å²) in [5.41, 5.74) is 6.54. The lowest BCUT2D eigenvalue weighted by molar-refractivity contribution is -0.145. The van der Waals surface area contributed by atoms with E-state index in [1.54, 1.807) is 7.11 Å². The van der Waals surface area contributed by atoms with Gasteiger partial charge in [0.2, 0.25) is 0 Å². The summed E-state index contributed by atoms with van der Waals surface area (Å²) in [6, 6.07) is 7.56. The summed E-state index contributed by atoms with van der Waals surface area (Å²) in [5.74, 6) is 1.16. The quantitative estimate of drug-likeness (QED) is 0.672. The van der Waals surface area contributed by atoms with Gasteiger partial charge in [0.1, 0.15) is 12.4 Å². The third-order valence-electron chi connectivity index (χ3n) is 3.56. The van der Waals surface area contributed by atoms with Crippen LogP contribution in [0.4, 0.5) is 0 Å². The molecule has 4 nitrogen and oxygen atoms in total. The van der Waals surface area contributed by atoms with Crippen molar-refractivity contribution in [1.29, 1.82) is 0 Å². The Morgan fingerprint density at radius 3 is 2.76 bits per heavy atom. The molecule has 0 saturated heterocycles. The monoisotopic (exact) mass is 293 g/mol. The van der Waals surface area contributed by atoms with Crippen LogP contribution in [0.5, 0.6) is 5.75 Å². The summed E-state index contributed by atoms with van der Waals surface area (Å²) in [5, 5.41) is 0. The van der Waals surface area contributed by atoms with Crippen LogP contribution in [-0.4, -0.2) is 19.6 Å². The fourth-order valence-corrected chi connectivity index (χ4v) is 2.40. The van der Waals surface area contributed by atoms with Gasteiger partial charge in [0, 0.05) is 6.42 Å². The van der Waals surface area contributed by atoms with Crippen molar-refractivity contribution in [3.8, 4) is 5.75 Å². The lowest BCUT2D eigenvalue weighted by Crippen LogP contribution is -2.12. The molecule has 0 bridgehead atoms. The van der Waals surface area contributed by atoms with Gasteiger partial charge < -0.3 is 15.2 Å². The Hall–Kier alpha value is -1.55. The molecule has 0 fully saturated rings. The van der Waals surface area contributed by atoms with Gasteiger partial charge in [0.25, 0.3) is 0 Å². The summed E-state index contributed by atoms with van der Waals surface area (Å²) < 4.78 is 10.5. The second kappa shape index (κ2) is 10.2. The Kier molecular flexibility index (Phi) is 8.51. The molecule has 0 amide bonds. The maximum absolute atomic E-state index is 11.8. The highest BCUT2D eigenvalue weighted by atomic mass is 16.5. The zero-order valence-electron chi connectivity index (χ0n) is 13.1. The first-order valence-corrected chi connectivity index (χ1v) is 7.68. The standard InChI is InChI=1S/C17H27NO3/c1-3-5-14(10-11-18)8-9-17(19)21-13-15-6-4-7-16(12-15)20-2/h4,6-7,12,14H,3,5,8-11,13,18H2,1-2H3. The van der Waals surface area contributed by atoms with Crippen molar-refractivity contribution in [3.05, 3.63) is 29.8 Å². The number of hydrogen-bond donors (Lipinski definition) is 1. The second-order valence-corrected chi connectivity index (χ2v) is 5.28. The minimum absolute atomic E-state index is 0.143. The molecule has 0 aromatic heterocycles. The molecular weight excluding hydrogens is 266 g/mol. The number of benzene rings is 1. The fraction of sp³-hybridized carbons (Fsp3) is 0.588. The molecule has 21 heavy (non-hydrogen) atoms. The summed E-state index contributed by atoms with van der Waals surface area (Å²) in [6.07, 6.45) is 4.57. The number of rotatable bonds is 10. The van der Waals surface area contributed by atoms with E-state index in [0.717, 1.165) is 37.0 Å². The molecule has 0 aliphatic carbocycles. The van der Waals surface area contributed by atoms with Crippen molar-refractivity contribution in [1.82, 2.24) is 0 Å². The molecule has 0 aliphatic heterocycles. The SMILES string of the molecule is CCCC(CCN)CCC(=O)OCc1cccc(OC)c1. The topological polar surface area (TPSA) is 61.6 Å². The molecule has 118 valence electrons. The van der Waals surface area contributed by atoms with E-state index in [-0.39, 0.29) is 5.97 Å². The maximum atomic E-state index is 11.8. The number of carbonyl (C=O) groups excluding carboxylic acids is 1. The number of hydrogen-bond acceptors (Lipinski definition) is 4. The van der Waals surface area contributed by atoms with Crippen LogP contribution in [0.3, 0.4) is 0 Å². The first-order valence-electron chi connectivity index (χ1n) is 7.68. The molecule has 0 radical (unpaired) electrons. The van der Waals surface area contributed by atoms with E-state index in [4.69, 9.17) is 15.2 Å². The van der Waals surface area contributed by atoms with Gasteiger partial charge in [-0.15, -0.1) is 0 Å². The Bertz CT molecular complexity index is 414. The van der Waals surface area contributed by atoms with E-state index < -0.39 is 0 Å². The highest BCUT2D eigenvalue weighted by Crippen LogP contribution is 2.18. The van der Waals surface area contributed by atoms with E-state index in [1.165, 1.54) is 0 Å².